The molecule has 6 heteroatoms. The largest absolute Gasteiger partial charge is 0.506 e. The topological polar surface area (TPSA) is 32.6 Å². The molecule has 0 bridgehead atoms. The van der Waals surface area contributed by atoms with E-state index in [0.29, 0.717) is 30.8 Å². The van der Waals surface area contributed by atoms with Gasteiger partial charge in [-0.2, -0.15) is 0 Å². The van der Waals surface area contributed by atoms with Gasteiger partial charge in [0.25, 0.3) is 0 Å². The maximum absolute atomic E-state index is 9.87. The molecule has 0 saturated heterocycles. The molecule has 2 rings (SSSR count). The molecule has 0 heterocycles. The standard InChI is InChI=1S/C13H7BrCl3NO/c14-9-5-8(15)4-7(13(9)19)6-18-11-3-1-2-10(16)12(11)17/h1-6,19H. The van der Waals surface area contributed by atoms with Crippen molar-refractivity contribution in [2.24, 2.45) is 4.99 Å². The van der Waals surface area contributed by atoms with Gasteiger partial charge in [-0.1, -0.05) is 40.9 Å². The Morgan fingerprint density at radius 2 is 1.89 bits per heavy atom. The SMILES string of the molecule is Oc1c(Br)cc(Cl)cc1C=Nc1cccc(Cl)c1Cl. The molecule has 0 atom stereocenters. The second-order valence-corrected chi connectivity index (χ2v) is 5.73. The molecular formula is C13H7BrCl3NO. The lowest BCUT2D eigenvalue weighted by molar-refractivity contribution is 0.471. The highest BCUT2D eigenvalue weighted by molar-refractivity contribution is 9.10. The van der Waals surface area contributed by atoms with E-state index in [2.05, 4.69) is 20.9 Å². The van der Waals surface area contributed by atoms with Crippen LogP contribution in [-0.4, -0.2) is 11.3 Å². The van der Waals surface area contributed by atoms with E-state index in [9.17, 15) is 5.11 Å². The summed E-state index contributed by atoms with van der Waals surface area (Å²) in [4.78, 5) is 4.20. The van der Waals surface area contributed by atoms with Crippen molar-refractivity contribution in [2.75, 3.05) is 0 Å². The molecule has 2 nitrogen and oxygen atoms in total. The first kappa shape index (κ1) is 14.7. The van der Waals surface area contributed by atoms with Crippen molar-refractivity contribution in [1.29, 1.82) is 0 Å². The van der Waals surface area contributed by atoms with E-state index < -0.39 is 0 Å². The van der Waals surface area contributed by atoms with E-state index >= 15 is 0 Å². The van der Waals surface area contributed by atoms with Crippen LogP contribution in [0.25, 0.3) is 0 Å². The van der Waals surface area contributed by atoms with Gasteiger partial charge in [-0.05, 0) is 40.2 Å². The predicted octanol–water partition coefficient (Wildman–Crippen LogP) is 5.87. The summed E-state index contributed by atoms with van der Waals surface area (Å²) < 4.78 is 0.499. The quantitative estimate of drug-likeness (QED) is 0.651. The van der Waals surface area contributed by atoms with Gasteiger partial charge >= 0.3 is 0 Å². The number of phenolic OH excluding ortho intramolecular Hbond substituents is 1. The fraction of sp³-hybridized carbons (Fsp3) is 0. The van der Waals surface area contributed by atoms with Crippen LogP contribution in [0.1, 0.15) is 5.56 Å². The summed E-state index contributed by atoms with van der Waals surface area (Å²) in [7, 11) is 0. The van der Waals surface area contributed by atoms with Crippen molar-refractivity contribution in [3.63, 3.8) is 0 Å². The van der Waals surface area contributed by atoms with Gasteiger partial charge in [-0.25, -0.2) is 0 Å². The summed E-state index contributed by atoms with van der Waals surface area (Å²) in [6.07, 6.45) is 1.48. The number of hydrogen-bond acceptors (Lipinski definition) is 2. The van der Waals surface area contributed by atoms with Crippen molar-refractivity contribution >= 4 is 62.6 Å². The third-order valence-corrected chi connectivity index (χ3v) is 3.96. The number of halogens is 4. The van der Waals surface area contributed by atoms with Crippen LogP contribution in [0.4, 0.5) is 5.69 Å². The van der Waals surface area contributed by atoms with Crippen molar-refractivity contribution in [1.82, 2.24) is 0 Å². The number of nitrogens with zero attached hydrogens (tertiary/aromatic N) is 1. The van der Waals surface area contributed by atoms with Crippen LogP contribution in [0.3, 0.4) is 0 Å². The average molecular weight is 379 g/mol. The summed E-state index contributed by atoms with van der Waals surface area (Å²) in [5, 5.41) is 11.1. The Morgan fingerprint density at radius 1 is 1.16 bits per heavy atom. The molecule has 19 heavy (non-hydrogen) atoms. The van der Waals surface area contributed by atoms with Crippen molar-refractivity contribution in [3.05, 3.63) is 55.4 Å². The molecule has 0 fully saturated rings. The number of phenols is 1. The highest BCUT2D eigenvalue weighted by Gasteiger charge is 2.06. The Bertz CT molecular complexity index is 659. The summed E-state index contributed by atoms with van der Waals surface area (Å²) >= 11 is 21.0. The molecular weight excluding hydrogens is 372 g/mol. The molecule has 0 aliphatic heterocycles. The molecule has 2 aromatic carbocycles. The molecule has 0 spiro atoms. The minimum absolute atomic E-state index is 0.0614. The van der Waals surface area contributed by atoms with Gasteiger partial charge in [0, 0.05) is 16.8 Å². The van der Waals surface area contributed by atoms with Crippen molar-refractivity contribution in [3.8, 4) is 5.75 Å². The Labute approximate surface area is 133 Å². The predicted molar refractivity (Wildman–Crippen MR) is 84.5 cm³/mol. The van der Waals surface area contributed by atoms with Crippen LogP contribution >= 0.6 is 50.7 Å². The summed E-state index contributed by atoms with van der Waals surface area (Å²) in [5.41, 5.74) is 1.00. The van der Waals surface area contributed by atoms with Gasteiger partial charge in [0.1, 0.15) is 5.75 Å². The average Bonchev–Trinajstić information content (AvgIpc) is 2.36. The number of aliphatic imine (C=N–C) groups is 1. The molecule has 0 aliphatic carbocycles. The number of benzene rings is 2. The van der Waals surface area contributed by atoms with E-state index in [1.807, 2.05) is 0 Å². The van der Waals surface area contributed by atoms with Crippen molar-refractivity contribution in [2.45, 2.75) is 0 Å². The first-order valence-electron chi connectivity index (χ1n) is 5.15. The fourth-order valence-corrected chi connectivity index (χ4v) is 2.59. The van der Waals surface area contributed by atoms with Crippen LogP contribution in [-0.2, 0) is 0 Å². The Kier molecular flexibility index (Phi) is 4.74. The molecule has 98 valence electrons. The highest BCUT2D eigenvalue weighted by atomic mass is 79.9. The zero-order valence-corrected chi connectivity index (χ0v) is 13.2. The molecule has 0 aromatic heterocycles. The van der Waals surface area contributed by atoms with Gasteiger partial charge in [0.2, 0.25) is 0 Å². The zero-order chi connectivity index (χ0) is 14.0. The molecule has 0 aliphatic rings. The minimum atomic E-state index is 0.0614. The molecule has 2 aromatic rings. The molecule has 0 amide bonds. The van der Waals surface area contributed by atoms with Crippen LogP contribution < -0.4 is 0 Å². The third kappa shape index (κ3) is 3.42. The number of rotatable bonds is 2. The first-order valence-corrected chi connectivity index (χ1v) is 7.08. The lowest BCUT2D eigenvalue weighted by Crippen LogP contribution is -1.84. The van der Waals surface area contributed by atoms with E-state index in [1.165, 1.54) is 6.21 Å². The Hall–Kier alpha value is -0.740. The zero-order valence-electron chi connectivity index (χ0n) is 9.37. The smallest absolute Gasteiger partial charge is 0.138 e. The number of hydrogen-bond donors (Lipinski definition) is 1. The monoisotopic (exact) mass is 377 g/mol. The molecule has 0 saturated carbocycles. The van der Waals surface area contributed by atoms with Crippen LogP contribution in [0, 0.1) is 0 Å². The minimum Gasteiger partial charge on any atom is -0.506 e. The molecule has 1 N–H and O–H groups in total. The van der Waals surface area contributed by atoms with Gasteiger partial charge in [0.05, 0.1) is 20.2 Å². The van der Waals surface area contributed by atoms with Gasteiger partial charge in [0.15, 0.2) is 0 Å². The van der Waals surface area contributed by atoms with Gasteiger partial charge < -0.3 is 5.11 Å². The fourth-order valence-electron chi connectivity index (χ4n) is 1.42. The summed E-state index contributed by atoms with van der Waals surface area (Å²) in [5.74, 6) is 0.0614. The summed E-state index contributed by atoms with van der Waals surface area (Å²) in [6.45, 7) is 0. The van der Waals surface area contributed by atoms with Crippen LogP contribution in [0.2, 0.25) is 15.1 Å². The maximum atomic E-state index is 9.87. The maximum Gasteiger partial charge on any atom is 0.138 e. The van der Waals surface area contributed by atoms with E-state index in [-0.39, 0.29) is 5.75 Å². The van der Waals surface area contributed by atoms with Gasteiger partial charge in [-0.3, -0.25) is 4.99 Å². The Morgan fingerprint density at radius 3 is 2.63 bits per heavy atom. The van der Waals surface area contributed by atoms with Crippen molar-refractivity contribution < 1.29 is 5.11 Å². The van der Waals surface area contributed by atoms with E-state index in [0.717, 1.165) is 0 Å². The second kappa shape index (κ2) is 6.14. The van der Waals surface area contributed by atoms with Crippen LogP contribution in [0.15, 0.2) is 39.8 Å². The first-order chi connectivity index (χ1) is 8.99. The van der Waals surface area contributed by atoms with Crippen LogP contribution in [0.5, 0.6) is 5.75 Å². The molecule has 0 unspecified atom stereocenters. The normalized spacial score (nSPS) is 11.2. The molecule has 0 radical (unpaired) electrons. The lowest BCUT2D eigenvalue weighted by Gasteiger charge is -2.03. The van der Waals surface area contributed by atoms with Gasteiger partial charge in [-0.15, -0.1) is 0 Å². The lowest BCUT2D eigenvalue weighted by atomic mass is 10.2. The third-order valence-electron chi connectivity index (χ3n) is 2.33. The van der Waals surface area contributed by atoms with E-state index in [4.69, 9.17) is 34.8 Å². The summed E-state index contributed by atoms with van der Waals surface area (Å²) in [6, 6.07) is 8.34. The highest BCUT2D eigenvalue weighted by Crippen LogP contribution is 2.33. The number of aromatic hydroxyl groups is 1. The Balaban J connectivity index is 2.41. The second-order valence-electron chi connectivity index (χ2n) is 3.66. The van der Waals surface area contributed by atoms with E-state index in [1.54, 1.807) is 30.3 Å².